The summed E-state index contributed by atoms with van der Waals surface area (Å²) in [6.07, 6.45) is 0. The topological polar surface area (TPSA) is 22.4 Å². The van der Waals surface area contributed by atoms with Crippen LogP contribution in [-0.4, -0.2) is 6.61 Å². The van der Waals surface area contributed by atoms with Crippen LogP contribution in [0, 0.1) is 6.92 Å². The van der Waals surface area contributed by atoms with Gasteiger partial charge in [0.1, 0.15) is 5.58 Å². The van der Waals surface area contributed by atoms with Gasteiger partial charge in [-0.3, -0.25) is 0 Å². The van der Waals surface area contributed by atoms with Crippen LogP contribution in [0.2, 0.25) is 0 Å². The van der Waals surface area contributed by atoms with Crippen LogP contribution < -0.4 is 4.74 Å². The van der Waals surface area contributed by atoms with Gasteiger partial charge in [-0.2, -0.15) is 0 Å². The van der Waals surface area contributed by atoms with Gasteiger partial charge >= 0.3 is 0 Å². The molecule has 0 spiro atoms. The molecule has 2 rings (SSSR count). The summed E-state index contributed by atoms with van der Waals surface area (Å²) in [6.45, 7) is 3.96. The van der Waals surface area contributed by atoms with E-state index in [1.807, 2.05) is 30.3 Å². The SMILES string of the molecule is [CH2]COc1cc2ccccc2o1. The Balaban J connectivity index is 2.47. The van der Waals surface area contributed by atoms with Gasteiger partial charge in [0.2, 0.25) is 0 Å². The fourth-order valence-corrected chi connectivity index (χ4v) is 1.13. The number of hydrogen-bond acceptors (Lipinski definition) is 2. The molecular formula is C10H9O2. The Morgan fingerprint density at radius 1 is 1.33 bits per heavy atom. The first kappa shape index (κ1) is 7.22. The molecule has 1 aromatic heterocycles. The highest BCUT2D eigenvalue weighted by atomic mass is 16.6. The molecule has 0 amide bonds. The van der Waals surface area contributed by atoms with Gasteiger partial charge in [-0.1, -0.05) is 18.2 Å². The second-order valence-electron chi connectivity index (χ2n) is 2.45. The van der Waals surface area contributed by atoms with Gasteiger partial charge in [0.15, 0.2) is 0 Å². The minimum atomic E-state index is 0.389. The molecule has 0 saturated heterocycles. The molecule has 1 aromatic carbocycles. The lowest BCUT2D eigenvalue weighted by molar-refractivity contribution is 0.279. The molecule has 2 heteroatoms. The van der Waals surface area contributed by atoms with E-state index in [1.54, 1.807) is 0 Å². The highest BCUT2D eigenvalue weighted by molar-refractivity contribution is 5.78. The lowest BCUT2D eigenvalue weighted by atomic mass is 10.3. The first-order chi connectivity index (χ1) is 5.90. The van der Waals surface area contributed by atoms with Gasteiger partial charge in [-0.15, -0.1) is 0 Å². The second-order valence-corrected chi connectivity index (χ2v) is 2.45. The normalized spacial score (nSPS) is 10.4. The van der Waals surface area contributed by atoms with Gasteiger partial charge < -0.3 is 9.15 Å². The van der Waals surface area contributed by atoms with Crippen LogP contribution in [0.15, 0.2) is 34.7 Å². The fourth-order valence-electron chi connectivity index (χ4n) is 1.13. The van der Waals surface area contributed by atoms with E-state index >= 15 is 0 Å². The first-order valence-corrected chi connectivity index (χ1v) is 3.81. The maximum Gasteiger partial charge on any atom is 0.285 e. The molecule has 0 fully saturated rings. The molecule has 0 aliphatic carbocycles. The van der Waals surface area contributed by atoms with Crippen molar-refractivity contribution in [1.82, 2.24) is 0 Å². The highest BCUT2D eigenvalue weighted by Gasteiger charge is 2.01. The van der Waals surface area contributed by atoms with Crippen molar-refractivity contribution in [3.63, 3.8) is 0 Å². The summed E-state index contributed by atoms with van der Waals surface area (Å²) in [5.41, 5.74) is 0.848. The number of benzene rings is 1. The van der Waals surface area contributed by atoms with E-state index in [0.29, 0.717) is 12.6 Å². The van der Waals surface area contributed by atoms with Crippen molar-refractivity contribution in [2.24, 2.45) is 0 Å². The zero-order valence-corrected chi connectivity index (χ0v) is 6.62. The minimum Gasteiger partial charge on any atom is -0.465 e. The maximum atomic E-state index is 5.35. The van der Waals surface area contributed by atoms with Gasteiger partial charge in [-0.25, -0.2) is 0 Å². The monoisotopic (exact) mass is 161 g/mol. The number of para-hydroxylation sites is 1. The van der Waals surface area contributed by atoms with Crippen LogP contribution in [0.3, 0.4) is 0 Å². The van der Waals surface area contributed by atoms with Gasteiger partial charge in [0.25, 0.3) is 5.95 Å². The summed E-state index contributed by atoms with van der Waals surface area (Å²) in [4.78, 5) is 0. The Morgan fingerprint density at radius 3 is 2.92 bits per heavy atom. The predicted octanol–water partition coefficient (Wildman–Crippen LogP) is 2.65. The van der Waals surface area contributed by atoms with Crippen molar-refractivity contribution in [1.29, 1.82) is 0 Å². The van der Waals surface area contributed by atoms with Crippen molar-refractivity contribution in [3.8, 4) is 5.95 Å². The third kappa shape index (κ3) is 1.16. The summed E-state index contributed by atoms with van der Waals surface area (Å²) in [5.74, 6) is 0.534. The number of fused-ring (bicyclic) bond motifs is 1. The third-order valence-electron chi connectivity index (χ3n) is 1.65. The largest absolute Gasteiger partial charge is 0.465 e. The van der Waals surface area contributed by atoms with E-state index in [-0.39, 0.29) is 0 Å². The molecule has 0 aliphatic rings. The molecule has 0 atom stereocenters. The Labute approximate surface area is 70.8 Å². The second kappa shape index (κ2) is 2.89. The van der Waals surface area contributed by atoms with Crippen LogP contribution in [0.4, 0.5) is 0 Å². The molecule has 0 aliphatic heterocycles. The van der Waals surface area contributed by atoms with Crippen molar-refractivity contribution < 1.29 is 9.15 Å². The van der Waals surface area contributed by atoms with Crippen molar-refractivity contribution in [3.05, 3.63) is 37.3 Å². The number of rotatable bonds is 2. The van der Waals surface area contributed by atoms with E-state index in [9.17, 15) is 0 Å². The van der Waals surface area contributed by atoms with E-state index in [0.717, 1.165) is 11.0 Å². The Bertz CT molecular complexity index is 343. The van der Waals surface area contributed by atoms with Crippen LogP contribution in [0.1, 0.15) is 0 Å². The van der Waals surface area contributed by atoms with E-state index in [2.05, 4.69) is 6.92 Å². The van der Waals surface area contributed by atoms with Gasteiger partial charge in [-0.05, 0) is 13.0 Å². The van der Waals surface area contributed by atoms with E-state index in [1.165, 1.54) is 0 Å². The molecule has 0 bridgehead atoms. The number of ether oxygens (including phenoxy) is 1. The molecule has 2 aromatic rings. The minimum absolute atomic E-state index is 0.389. The van der Waals surface area contributed by atoms with E-state index in [4.69, 9.17) is 9.15 Å². The lowest BCUT2D eigenvalue weighted by Gasteiger charge is -1.93. The first-order valence-electron chi connectivity index (χ1n) is 3.81. The van der Waals surface area contributed by atoms with Crippen molar-refractivity contribution >= 4 is 11.0 Å². The predicted molar refractivity (Wildman–Crippen MR) is 47.1 cm³/mol. The molecule has 61 valence electrons. The van der Waals surface area contributed by atoms with Crippen LogP contribution in [0.25, 0.3) is 11.0 Å². The zero-order valence-electron chi connectivity index (χ0n) is 6.62. The third-order valence-corrected chi connectivity index (χ3v) is 1.65. The average Bonchev–Trinajstić information content (AvgIpc) is 2.47. The lowest BCUT2D eigenvalue weighted by Crippen LogP contribution is -1.88. The average molecular weight is 161 g/mol. The van der Waals surface area contributed by atoms with Crippen LogP contribution in [0.5, 0.6) is 5.95 Å². The molecular weight excluding hydrogens is 152 g/mol. The quantitative estimate of drug-likeness (QED) is 0.675. The summed E-state index contributed by atoms with van der Waals surface area (Å²) in [7, 11) is 0. The number of hydrogen-bond donors (Lipinski definition) is 0. The van der Waals surface area contributed by atoms with Crippen molar-refractivity contribution in [2.75, 3.05) is 6.61 Å². The fraction of sp³-hybridized carbons (Fsp3) is 0.100. The molecule has 12 heavy (non-hydrogen) atoms. The Hall–Kier alpha value is -1.44. The standard InChI is InChI=1S/C10H9O2/c1-2-11-10-7-8-5-3-4-6-9(8)12-10/h3-7H,1-2H2. The Morgan fingerprint density at radius 2 is 2.17 bits per heavy atom. The summed E-state index contributed by atoms with van der Waals surface area (Å²) in [6, 6.07) is 9.65. The smallest absolute Gasteiger partial charge is 0.285 e. The summed E-state index contributed by atoms with van der Waals surface area (Å²) in [5, 5.41) is 1.06. The molecule has 0 N–H and O–H groups in total. The summed E-state index contributed by atoms with van der Waals surface area (Å²) >= 11 is 0. The molecule has 1 radical (unpaired) electrons. The van der Waals surface area contributed by atoms with Gasteiger partial charge in [0.05, 0.1) is 6.61 Å². The molecule has 0 unspecified atom stereocenters. The van der Waals surface area contributed by atoms with E-state index < -0.39 is 0 Å². The van der Waals surface area contributed by atoms with Crippen LogP contribution >= 0.6 is 0 Å². The summed E-state index contributed by atoms with van der Waals surface area (Å²) < 4.78 is 10.5. The van der Waals surface area contributed by atoms with Crippen LogP contribution in [-0.2, 0) is 0 Å². The number of furan rings is 1. The zero-order chi connectivity index (χ0) is 8.39. The maximum absolute atomic E-state index is 5.35. The highest BCUT2D eigenvalue weighted by Crippen LogP contribution is 2.23. The van der Waals surface area contributed by atoms with Gasteiger partial charge in [0, 0.05) is 11.5 Å². The van der Waals surface area contributed by atoms with Crippen molar-refractivity contribution in [2.45, 2.75) is 0 Å². The molecule has 2 nitrogen and oxygen atoms in total. The Kier molecular flexibility index (Phi) is 1.74. The molecule has 0 saturated carbocycles. The molecule has 1 heterocycles.